The molecule has 0 N–H and O–H groups in total. The van der Waals surface area contributed by atoms with Gasteiger partial charge in [0.2, 0.25) is 5.89 Å². The minimum absolute atomic E-state index is 0.111. The van der Waals surface area contributed by atoms with Crippen LogP contribution in [0.3, 0.4) is 0 Å². The Labute approximate surface area is 189 Å². The highest BCUT2D eigenvalue weighted by Crippen LogP contribution is 2.38. The average molecular weight is 425 g/mol. The van der Waals surface area contributed by atoms with Gasteiger partial charge in [-0.2, -0.15) is 0 Å². The normalized spacial score (nSPS) is 12.2. The van der Waals surface area contributed by atoms with Gasteiger partial charge in [-0.3, -0.25) is 0 Å². The topological polar surface area (TPSA) is 34.8 Å². The molecule has 5 aromatic rings. The minimum atomic E-state index is -0.111. The lowest BCUT2D eigenvalue weighted by Crippen LogP contribution is -2.33. The van der Waals surface area contributed by atoms with Crippen molar-refractivity contribution in [3.63, 3.8) is 0 Å². The van der Waals surface area contributed by atoms with Crippen LogP contribution >= 0.6 is 0 Å². The molecule has 0 bridgehead atoms. The number of aromatic nitrogens is 3. The maximum Gasteiger partial charge on any atom is 0.294 e. The van der Waals surface area contributed by atoms with E-state index in [1.165, 1.54) is 27.7 Å². The Morgan fingerprint density at radius 2 is 1.47 bits per heavy atom. The van der Waals surface area contributed by atoms with E-state index in [-0.39, 0.29) is 5.54 Å². The molecule has 0 aliphatic rings. The summed E-state index contributed by atoms with van der Waals surface area (Å²) in [7, 11) is 2.14. The van der Waals surface area contributed by atoms with E-state index in [1.54, 1.807) is 0 Å². The van der Waals surface area contributed by atoms with Crippen molar-refractivity contribution in [3.05, 3.63) is 71.3 Å². The predicted molar refractivity (Wildman–Crippen MR) is 131 cm³/mol. The fraction of sp³-hybridized carbons (Fsp3) is 0.286. The summed E-state index contributed by atoms with van der Waals surface area (Å²) in [5.41, 5.74) is 9.71. The number of fused-ring (bicyclic) bond motifs is 2. The Morgan fingerprint density at radius 3 is 2.16 bits per heavy atom. The van der Waals surface area contributed by atoms with Crippen LogP contribution in [0.2, 0.25) is 0 Å². The number of nitrogens with zero attached hydrogens (tertiary/aromatic N) is 3. The molecular weight excluding hydrogens is 394 g/mol. The summed E-state index contributed by atoms with van der Waals surface area (Å²) in [5.74, 6) is 1.81. The molecule has 32 heavy (non-hydrogen) atoms. The number of aryl methyl sites for hydroxylation is 4. The largest absolute Gasteiger partial charge is 0.435 e. The molecule has 4 heteroatoms. The molecule has 2 aromatic heterocycles. The first-order valence-corrected chi connectivity index (χ1v) is 11.2. The van der Waals surface area contributed by atoms with Crippen molar-refractivity contribution < 1.29 is 8.98 Å². The zero-order chi connectivity index (χ0) is 22.8. The number of imidazole rings is 1. The van der Waals surface area contributed by atoms with Crippen molar-refractivity contribution in [1.29, 1.82) is 0 Å². The molecule has 5 rings (SSSR count). The number of para-hydroxylation sites is 2. The van der Waals surface area contributed by atoms with Gasteiger partial charge < -0.3 is 4.42 Å². The lowest BCUT2D eigenvalue weighted by molar-refractivity contribution is -0.634. The highest BCUT2D eigenvalue weighted by molar-refractivity contribution is 5.93. The van der Waals surface area contributed by atoms with Gasteiger partial charge in [0.15, 0.2) is 16.6 Å². The maximum atomic E-state index is 6.56. The molecule has 0 saturated carbocycles. The van der Waals surface area contributed by atoms with Gasteiger partial charge in [-0.05, 0) is 76.4 Å². The Balaban J connectivity index is 1.89. The highest BCUT2D eigenvalue weighted by atomic mass is 16.3. The van der Waals surface area contributed by atoms with Crippen molar-refractivity contribution in [2.24, 2.45) is 7.05 Å². The van der Waals surface area contributed by atoms with E-state index in [9.17, 15) is 0 Å². The molecule has 0 saturated heterocycles. The second kappa shape index (κ2) is 7.06. The first-order valence-electron chi connectivity index (χ1n) is 11.2. The molecule has 162 valence electrons. The van der Waals surface area contributed by atoms with Crippen molar-refractivity contribution in [3.8, 4) is 22.8 Å². The number of oxazole rings is 1. The van der Waals surface area contributed by atoms with Crippen LogP contribution in [0.15, 0.2) is 59.0 Å². The second-order valence-electron chi connectivity index (χ2n) is 9.77. The van der Waals surface area contributed by atoms with Crippen LogP contribution in [0.5, 0.6) is 0 Å². The third-order valence-corrected chi connectivity index (χ3v) is 6.37. The maximum absolute atomic E-state index is 6.56. The second-order valence-corrected chi connectivity index (χ2v) is 9.77. The standard InChI is InChI=1S/C28H30N3O/c1-17-11-10-12-18(2)23(17)26-29-20-16-15-19(3)24(25(20)32-26)27-30(7)21-13-8-9-14-22(21)31(27)28(4,5)6/h8-16H,1-7H3/q+1. The van der Waals surface area contributed by atoms with Crippen molar-refractivity contribution in [2.45, 2.75) is 47.1 Å². The van der Waals surface area contributed by atoms with E-state index >= 15 is 0 Å². The van der Waals surface area contributed by atoms with E-state index in [0.717, 1.165) is 28.1 Å². The van der Waals surface area contributed by atoms with Gasteiger partial charge in [0, 0.05) is 5.56 Å². The van der Waals surface area contributed by atoms with Crippen LogP contribution in [0, 0.1) is 20.8 Å². The van der Waals surface area contributed by atoms with E-state index in [0.29, 0.717) is 5.89 Å². The van der Waals surface area contributed by atoms with Gasteiger partial charge in [0.25, 0.3) is 5.82 Å². The summed E-state index contributed by atoms with van der Waals surface area (Å²) in [4.78, 5) is 4.92. The monoisotopic (exact) mass is 424 g/mol. The van der Waals surface area contributed by atoms with E-state index in [1.807, 2.05) is 0 Å². The van der Waals surface area contributed by atoms with Gasteiger partial charge >= 0.3 is 0 Å². The van der Waals surface area contributed by atoms with Crippen molar-refractivity contribution in [1.82, 2.24) is 9.55 Å². The molecule has 0 radical (unpaired) electrons. The zero-order valence-corrected chi connectivity index (χ0v) is 19.9. The molecule has 0 atom stereocenters. The Hall–Kier alpha value is -3.40. The third kappa shape index (κ3) is 2.97. The molecule has 0 aliphatic heterocycles. The quantitative estimate of drug-likeness (QED) is 0.298. The Bertz CT molecular complexity index is 1470. The third-order valence-electron chi connectivity index (χ3n) is 6.37. The summed E-state index contributed by atoms with van der Waals surface area (Å²) in [6.07, 6.45) is 0. The molecule has 2 heterocycles. The average Bonchev–Trinajstić information content (AvgIpc) is 3.27. The van der Waals surface area contributed by atoms with Crippen LogP contribution in [-0.2, 0) is 12.6 Å². The fourth-order valence-corrected chi connectivity index (χ4v) is 4.90. The van der Waals surface area contributed by atoms with E-state index in [2.05, 4.69) is 112 Å². The minimum Gasteiger partial charge on any atom is -0.435 e. The first-order chi connectivity index (χ1) is 15.2. The van der Waals surface area contributed by atoms with E-state index in [4.69, 9.17) is 9.40 Å². The zero-order valence-electron chi connectivity index (χ0n) is 19.9. The highest BCUT2D eigenvalue weighted by Gasteiger charge is 2.35. The summed E-state index contributed by atoms with van der Waals surface area (Å²) in [5, 5.41) is 0. The van der Waals surface area contributed by atoms with Gasteiger partial charge in [0.05, 0.1) is 7.05 Å². The van der Waals surface area contributed by atoms with Crippen LogP contribution in [0.1, 0.15) is 37.5 Å². The Kier molecular flexibility index (Phi) is 4.52. The van der Waals surface area contributed by atoms with Crippen molar-refractivity contribution >= 4 is 22.1 Å². The van der Waals surface area contributed by atoms with Gasteiger partial charge in [-0.15, -0.1) is 0 Å². The lowest BCUT2D eigenvalue weighted by Gasteiger charge is -2.18. The van der Waals surface area contributed by atoms with Crippen molar-refractivity contribution in [2.75, 3.05) is 0 Å². The summed E-state index contributed by atoms with van der Waals surface area (Å²) in [6, 6.07) is 19.1. The van der Waals surface area contributed by atoms with Gasteiger partial charge in [0.1, 0.15) is 16.6 Å². The van der Waals surface area contributed by atoms with Crippen LogP contribution in [0.4, 0.5) is 0 Å². The van der Waals surface area contributed by atoms with Crippen LogP contribution in [0.25, 0.3) is 45.0 Å². The Morgan fingerprint density at radius 1 is 0.812 bits per heavy atom. The van der Waals surface area contributed by atoms with E-state index < -0.39 is 0 Å². The molecule has 0 amide bonds. The first kappa shape index (κ1) is 20.5. The molecule has 3 aromatic carbocycles. The predicted octanol–water partition coefficient (Wildman–Crippen LogP) is 6.62. The number of hydrogen-bond donors (Lipinski definition) is 0. The number of hydrogen-bond acceptors (Lipinski definition) is 2. The van der Waals surface area contributed by atoms with Crippen LogP contribution < -0.4 is 4.57 Å². The molecule has 0 unspecified atom stereocenters. The van der Waals surface area contributed by atoms with Gasteiger partial charge in [-0.25, -0.2) is 14.1 Å². The lowest BCUT2D eigenvalue weighted by atomic mass is 10.0. The summed E-state index contributed by atoms with van der Waals surface area (Å²) < 4.78 is 11.3. The van der Waals surface area contributed by atoms with Gasteiger partial charge in [-0.1, -0.05) is 36.4 Å². The molecule has 0 aliphatic carbocycles. The number of rotatable bonds is 2. The molecule has 0 fully saturated rings. The summed E-state index contributed by atoms with van der Waals surface area (Å²) in [6.45, 7) is 13.1. The molecule has 0 spiro atoms. The SMILES string of the molecule is Cc1cccc(C)c1-c1nc2ccc(C)c(-c3n(C(C)(C)C)c4ccccc4[n+]3C)c2o1. The number of benzene rings is 3. The fourth-order valence-electron chi connectivity index (χ4n) is 4.90. The molecule has 4 nitrogen and oxygen atoms in total. The smallest absolute Gasteiger partial charge is 0.294 e. The van der Waals surface area contributed by atoms with Crippen LogP contribution in [-0.4, -0.2) is 9.55 Å². The summed E-state index contributed by atoms with van der Waals surface area (Å²) >= 11 is 0. The molecular formula is C28H30N3O+.